The van der Waals surface area contributed by atoms with Gasteiger partial charge in [0.25, 0.3) is 5.91 Å². The van der Waals surface area contributed by atoms with Crippen LogP contribution < -0.4 is 0 Å². The summed E-state index contributed by atoms with van der Waals surface area (Å²) >= 11 is 0. The van der Waals surface area contributed by atoms with Gasteiger partial charge in [-0.25, -0.2) is 9.78 Å². The van der Waals surface area contributed by atoms with E-state index in [9.17, 15) is 9.59 Å². The summed E-state index contributed by atoms with van der Waals surface area (Å²) in [4.78, 5) is 32.7. The molecule has 0 bridgehead atoms. The number of carbonyl (C=O) groups excluding carboxylic acids is 2. The summed E-state index contributed by atoms with van der Waals surface area (Å²) in [5.74, 6) is 1.20. The van der Waals surface area contributed by atoms with Crippen LogP contribution in [-0.2, 0) is 11.3 Å². The van der Waals surface area contributed by atoms with E-state index >= 15 is 0 Å². The van der Waals surface area contributed by atoms with Crippen molar-refractivity contribution in [2.24, 2.45) is 0 Å². The Morgan fingerprint density at radius 3 is 2.47 bits per heavy atom. The maximum absolute atomic E-state index is 12.4. The Morgan fingerprint density at radius 2 is 1.83 bits per heavy atom. The highest BCUT2D eigenvalue weighted by Crippen LogP contribution is 2.23. The van der Waals surface area contributed by atoms with E-state index in [0.717, 1.165) is 30.1 Å². The highest BCUT2D eigenvalue weighted by Gasteiger charge is 2.25. The summed E-state index contributed by atoms with van der Waals surface area (Å²) in [6, 6.07) is 10.4. The van der Waals surface area contributed by atoms with Crippen molar-refractivity contribution >= 4 is 11.9 Å². The lowest BCUT2D eigenvalue weighted by atomic mass is 10.1. The molecule has 1 amide bonds. The molecule has 30 heavy (non-hydrogen) atoms. The van der Waals surface area contributed by atoms with Gasteiger partial charge in [0.2, 0.25) is 5.89 Å². The molecule has 2 aromatic heterocycles. The summed E-state index contributed by atoms with van der Waals surface area (Å²) in [6.07, 6.45) is 1.51. The van der Waals surface area contributed by atoms with Gasteiger partial charge >= 0.3 is 5.97 Å². The minimum atomic E-state index is -0.379. The number of furan rings is 1. The van der Waals surface area contributed by atoms with Gasteiger partial charge in [0, 0.05) is 38.3 Å². The first-order chi connectivity index (χ1) is 14.5. The Labute approximate surface area is 174 Å². The predicted molar refractivity (Wildman–Crippen MR) is 108 cm³/mol. The molecule has 156 valence electrons. The third-order valence-electron chi connectivity index (χ3n) is 5.21. The Balaban J connectivity index is 1.37. The van der Waals surface area contributed by atoms with Crippen LogP contribution in [0.15, 0.2) is 51.5 Å². The number of rotatable bonds is 5. The van der Waals surface area contributed by atoms with Crippen molar-refractivity contribution in [2.75, 3.05) is 33.3 Å². The molecule has 1 aromatic carbocycles. The van der Waals surface area contributed by atoms with Crippen LogP contribution in [0.25, 0.3) is 11.5 Å². The molecule has 1 aliphatic heterocycles. The molecule has 3 heterocycles. The third kappa shape index (κ3) is 4.13. The van der Waals surface area contributed by atoms with Crippen LogP contribution in [0, 0.1) is 6.92 Å². The quantitative estimate of drug-likeness (QED) is 0.599. The molecule has 0 atom stereocenters. The average Bonchev–Trinajstić information content (AvgIpc) is 3.44. The molecule has 0 aliphatic carbocycles. The zero-order valence-electron chi connectivity index (χ0n) is 17.0. The number of methoxy groups -OCH3 is 1. The molecule has 0 N–H and O–H groups in total. The SMILES string of the molecule is COC(=O)c1ccc(-c2nc(CN3CCN(C(=O)c4ccco4)CC3)c(C)o2)cc1. The van der Waals surface area contributed by atoms with E-state index in [1.807, 2.05) is 6.92 Å². The number of oxazole rings is 1. The number of esters is 1. The van der Waals surface area contributed by atoms with Gasteiger partial charge in [-0.15, -0.1) is 0 Å². The predicted octanol–water partition coefficient (Wildman–Crippen LogP) is 2.99. The number of hydrogen-bond acceptors (Lipinski definition) is 7. The molecule has 4 rings (SSSR count). The maximum atomic E-state index is 12.4. The molecule has 8 nitrogen and oxygen atoms in total. The standard InChI is InChI=1S/C22H23N3O5/c1-15-18(23-20(30-15)16-5-7-17(8-6-16)22(27)28-2)14-24-9-11-25(12-10-24)21(26)19-4-3-13-29-19/h3-8,13H,9-12,14H2,1-2H3. The smallest absolute Gasteiger partial charge is 0.337 e. The summed E-state index contributed by atoms with van der Waals surface area (Å²) in [7, 11) is 1.35. The van der Waals surface area contributed by atoms with Gasteiger partial charge < -0.3 is 18.5 Å². The van der Waals surface area contributed by atoms with Gasteiger partial charge in [-0.1, -0.05) is 0 Å². The maximum Gasteiger partial charge on any atom is 0.337 e. The van der Waals surface area contributed by atoms with E-state index in [0.29, 0.717) is 36.8 Å². The normalized spacial score (nSPS) is 14.7. The minimum Gasteiger partial charge on any atom is -0.465 e. The zero-order valence-corrected chi connectivity index (χ0v) is 17.0. The number of aromatic nitrogens is 1. The fourth-order valence-electron chi connectivity index (χ4n) is 3.44. The number of nitrogens with zero attached hydrogens (tertiary/aromatic N) is 3. The second-order valence-electron chi connectivity index (χ2n) is 7.14. The van der Waals surface area contributed by atoms with Gasteiger partial charge in [-0.3, -0.25) is 9.69 Å². The highest BCUT2D eigenvalue weighted by atomic mass is 16.5. The van der Waals surface area contributed by atoms with E-state index in [-0.39, 0.29) is 11.9 Å². The fourth-order valence-corrected chi connectivity index (χ4v) is 3.44. The number of amides is 1. The summed E-state index contributed by atoms with van der Waals surface area (Å²) in [5, 5.41) is 0. The van der Waals surface area contributed by atoms with Gasteiger partial charge in [0.15, 0.2) is 5.76 Å². The topological polar surface area (TPSA) is 89.0 Å². The Morgan fingerprint density at radius 1 is 1.10 bits per heavy atom. The number of benzene rings is 1. The lowest BCUT2D eigenvalue weighted by Crippen LogP contribution is -2.48. The first-order valence-corrected chi connectivity index (χ1v) is 9.75. The van der Waals surface area contributed by atoms with E-state index in [1.165, 1.54) is 13.4 Å². The minimum absolute atomic E-state index is 0.0741. The summed E-state index contributed by atoms with van der Waals surface area (Å²) in [6.45, 7) is 5.32. The molecule has 8 heteroatoms. The van der Waals surface area contributed by atoms with Crippen LogP contribution in [0.5, 0.6) is 0 Å². The summed E-state index contributed by atoms with van der Waals surface area (Å²) in [5.41, 5.74) is 2.14. The van der Waals surface area contributed by atoms with Gasteiger partial charge in [-0.05, 0) is 43.3 Å². The number of aryl methyl sites for hydroxylation is 1. The first-order valence-electron chi connectivity index (χ1n) is 9.75. The summed E-state index contributed by atoms with van der Waals surface area (Å²) < 4.78 is 15.8. The largest absolute Gasteiger partial charge is 0.465 e. The van der Waals surface area contributed by atoms with Crippen LogP contribution in [-0.4, -0.2) is 59.9 Å². The molecule has 0 saturated carbocycles. The second-order valence-corrected chi connectivity index (χ2v) is 7.14. The monoisotopic (exact) mass is 409 g/mol. The Bertz CT molecular complexity index is 1020. The molecule has 0 radical (unpaired) electrons. The lowest BCUT2D eigenvalue weighted by molar-refractivity contribution is 0.0590. The average molecular weight is 409 g/mol. The molecule has 1 saturated heterocycles. The van der Waals surface area contributed by atoms with Gasteiger partial charge in [0.05, 0.1) is 24.6 Å². The van der Waals surface area contributed by atoms with Crippen molar-refractivity contribution in [1.29, 1.82) is 0 Å². The van der Waals surface area contributed by atoms with Crippen LogP contribution in [0.3, 0.4) is 0 Å². The highest BCUT2D eigenvalue weighted by molar-refractivity contribution is 5.91. The van der Waals surface area contributed by atoms with Gasteiger partial charge in [0.1, 0.15) is 5.76 Å². The van der Waals surface area contributed by atoms with Gasteiger partial charge in [-0.2, -0.15) is 0 Å². The van der Waals surface area contributed by atoms with Crippen LogP contribution in [0.1, 0.15) is 32.4 Å². The lowest BCUT2D eigenvalue weighted by Gasteiger charge is -2.33. The molecule has 0 spiro atoms. The zero-order chi connectivity index (χ0) is 21.1. The molecule has 3 aromatic rings. The van der Waals surface area contributed by atoms with Crippen molar-refractivity contribution in [1.82, 2.24) is 14.8 Å². The number of carbonyl (C=O) groups is 2. The Hall–Kier alpha value is -3.39. The van der Waals surface area contributed by atoms with Crippen molar-refractivity contribution in [3.05, 3.63) is 65.4 Å². The second kappa shape index (κ2) is 8.54. The van der Waals surface area contributed by atoms with E-state index in [4.69, 9.17) is 13.6 Å². The Kier molecular flexibility index (Phi) is 5.67. The number of hydrogen-bond donors (Lipinski definition) is 0. The first kappa shape index (κ1) is 19.9. The van der Waals surface area contributed by atoms with E-state index < -0.39 is 0 Å². The van der Waals surface area contributed by atoms with Crippen molar-refractivity contribution < 1.29 is 23.2 Å². The fraction of sp³-hybridized carbons (Fsp3) is 0.318. The molecule has 1 fully saturated rings. The molecular formula is C22H23N3O5. The number of piperazine rings is 1. The molecule has 0 unspecified atom stereocenters. The molecular weight excluding hydrogens is 386 g/mol. The van der Waals surface area contributed by atoms with E-state index in [1.54, 1.807) is 41.3 Å². The third-order valence-corrected chi connectivity index (χ3v) is 5.21. The number of ether oxygens (including phenoxy) is 1. The van der Waals surface area contributed by atoms with Crippen molar-refractivity contribution in [3.63, 3.8) is 0 Å². The molecule has 1 aliphatic rings. The van der Waals surface area contributed by atoms with Crippen molar-refractivity contribution in [2.45, 2.75) is 13.5 Å². The van der Waals surface area contributed by atoms with Crippen LogP contribution in [0.4, 0.5) is 0 Å². The van der Waals surface area contributed by atoms with E-state index in [2.05, 4.69) is 9.88 Å². The van der Waals surface area contributed by atoms with Crippen LogP contribution in [0.2, 0.25) is 0 Å². The van der Waals surface area contributed by atoms with Crippen molar-refractivity contribution in [3.8, 4) is 11.5 Å². The van der Waals surface area contributed by atoms with Crippen LogP contribution >= 0.6 is 0 Å².